The van der Waals surface area contributed by atoms with Crippen LogP contribution in [0, 0.1) is 5.92 Å². The highest BCUT2D eigenvalue weighted by atomic mass is 16.6. The summed E-state index contributed by atoms with van der Waals surface area (Å²) in [5.41, 5.74) is -0.408. The number of piperazine rings is 1. The van der Waals surface area contributed by atoms with Gasteiger partial charge in [0, 0.05) is 45.3 Å². The normalized spacial score (nSPS) is 27.0. The van der Waals surface area contributed by atoms with Gasteiger partial charge in [-0.05, 0) is 39.5 Å². The summed E-state index contributed by atoms with van der Waals surface area (Å²) in [6, 6.07) is 0.701. The molecule has 0 spiro atoms. The molecule has 1 saturated heterocycles. The van der Waals surface area contributed by atoms with E-state index in [9.17, 15) is 4.79 Å². The minimum absolute atomic E-state index is 0.175. The van der Waals surface area contributed by atoms with Crippen molar-refractivity contribution in [2.45, 2.75) is 65.0 Å². The van der Waals surface area contributed by atoms with Crippen LogP contribution in [0.5, 0.6) is 0 Å². The van der Waals surface area contributed by atoms with Gasteiger partial charge < -0.3 is 15.0 Å². The van der Waals surface area contributed by atoms with Crippen molar-refractivity contribution in [3.63, 3.8) is 0 Å². The molecular weight excluding hydrogens is 290 g/mol. The molecule has 1 amide bonds. The first-order valence-electron chi connectivity index (χ1n) is 9.29. The van der Waals surface area contributed by atoms with Crippen molar-refractivity contribution >= 4 is 6.09 Å². The highest BCUT2D eigenvalue weighted by Crippen LogP contribution is 2.23. The molecule has 0 bridgehead atoms. The third kappa shape index (κ3) is 6.30. The lowest BCUT2D eigenvalue weighted by molar-refractivity contribution is 0.0145. The molecule has 2 aliphatic rings. The fraction of sp³-hybridized carbons (Fsp3) is 0.944. The Labute approximate surface area is 141 Å². The van der Waals surface area contributed by atoms with Crippen LogP contribution >= 0.6 is 0 Å². The zero-order valence-electron chi connectivity index (χ0n) is 15.4. The predicted octanol–water partition coefficient (Wildman–Crippen LogP) is 2.71. The number of amides is 1. The zero-order valence-corrected chi connectivity index (χ0v) is 15.4. The van der Waals surface area contributed by atoms with Gasteiger partial charge in [0.15, 0.2) is 0 Å². The van der Waals surface area contributed by atoms with Crippen LogP contribution in [0.2, 0.25) is 0 Å². The topological polar surface area (TPSA) is 44.8 Å². The molecule has 2 rings (SSSR count). The third-order valence-electron chi connectivity index (χ3n) is 4.97. The Balaban J connectivity index is 1.62. The van der Waals surface area contributed by atoms with Crippen LogP contribution in [0.1, 0.15) is 53.4 Å². The molecule has 134 valence electrons. The Kier molecular flexibility index (Phi) is 6.72. The second-order valence-corrected chi connectivity index (χ2v) is 8.13. The highest BCUT2D eigenvalue weighted by molar-refractivity contribution is 5.68. The Bertz CT molecular complexity index is 373. The first-order valence-corrected chi connectivity index (χ1v) is 9.29. The van der Waals surface area contributed by atoms with E-state index in [1.54, 1.807) is 0 Å². The summed E-state index contributed by atoms with van der Waals surface area (Å²) in [7, 11) is 0. The summed E-state index contributed by atoms with van der Waals surface area (Å²) in [6.07, 6.45) is 5.29. The van der Waals surface area contributed by atoms with Crippen molar-refractivity contribution in [3.05, 3.63) is 0 Å². The Morgan fingerprint density at radius 2 is 1.78 bits per heavy atom. The van der Waals surface area contributed by atoms with Gasteiger partial charge in [0.1, 0.15) is 5.60 Å². The number of carbonyl (C=O) groups excluding carboxylic acids is 1. The summed E-state index contributed by atoms with van der Waals surface area (Å²) in [5, 5.41) is 3.74. The van der Waals surface area contributed by atoms with Crippen molar-refractivity contribution in [3.8, 4) is 0 Å². The van der Waals surface area contributed by atoms with Gasteiger partial charge in [-0.15, -0.1) is 0 Å². The van der Waals surface area contributed by atoms with Crippen LogP contribution in [0.4, 0.5) is 4.79 Å². The SMILES string of the molecule is CC1CCCCC1NCCN1CCN(C(=O)OC(C)(C)C)CC1. The van der Waals surface area contributed by atoms with Gasteiger partial charge in [-0.25, -0.2) is 4.79 Å². The van der Waals surface area contributed by atoms with E-state index in [1.807, 2.05) is 25.7 Å². The molecule has 1 aliphatic carbocycles. The molecular formula is C18H35N3O2. The van der Waals surface area contributed by atoms with E-state index >= 15 is 0 Å². The van der Waals surface area contributed by atoms with Gasteiger partial charge in [0.2, 0.25) is 0 Å². The van der Waals surface area contributed by atoms with Gasteiger partial charge in [0.25, 0.3) is 0 Å². The van der Waals surface area contributed by atoms with Gasteiger partial charge in [-0.3, -0.25) is 4.90 Å². The predicted molar refractivity (Wildman–Crippen MR) is 93.7 cm³/mol. The molecule has 1 aliphatic heterocycles. The maximum Gasteiger partial charge on any atom is 0.410 e. The van der Waals surface area contributed by atoms with E-state index in [4.69, 9.17) is 4.74 Å². The molecule has 23 heavy (non-hydrogen) atoms. The standard InChI is InChI=1S/C18H35N3O2/c1-15-7-5-6-8-16(15)19-9-10-20-11-13-21(14-12-20)17(22)23-18(2,3)4/h15-16,19H,5-14H2,1-4H3. The quantitative estimate of drug-likeness (QED) is 0.863. The smallest absolute Gasteiger partial charge is 0.410 e. The number of nitrogens with zero attached hydrogens (tertiary/aromatic N) is 2. The Morgan fingerprint density at radius 3 is 2.39 bits per heavy atom. The number of rotatable bonds is 4. The van der Waals surface area contributed by atoms with Gasteiger partial charge in [0.05, 0.1) is 0 Å². The van der Waals surface area contributed by atoms with Gasteiger partial charge in [-0.1, -0.05) is 19.8 Å². The summed E-state index contributed by atoms with van der Waals surface area (Å²) >= 11 is 0. The molecule has 0 aromatic rings. The summed E-state index contributed by atoms with van der Waals surface area (Å²) in [5.74, 6) is 0.813. The average molecular weight is 325 g/mol. The van der Waals surface area contributed by atoms with Crippen molar-refractivity contribution in [1.29, 1.82) is 0 Å². The summed E-state index contributed by atoms with van der Waals surface area (Å²) in [4.78, 5) is 16.3. The van der Waals surface area contributed by atoms with E-state index in [0.717, 1.165) is 45.2 Å². The first kappa shape index (κ1) is 18.5. The minimum Gasteiger partial charge on any atom is -0.444 e. The fourth-order valence-corrected chi connectivity index (χ4v) is 3.51. The van der Waals surface area contributed by atoms with E-state index in [1.165, 1.54) is 25.7 Å². The third-order valence-corrected chi connectivity index (χ3v) is 4.97. The maximum absolute atomic E-state index is 12.0. The lowest BCUT2D eigenvalue weighted by atomic mass is 9.86. The van der Waals surface area contributed by atoms with Gasteiger partial charge in [-0.2, -0.15) is 0 Å². The van der Waals surface area contributed by atoms with E-state index in [0.29, 0.717) is 6.04 Å². The van der Waals surface area contributed by atoms with Crippen molar-refractivity contribution in [2.24, 2.45) is 5.92 Å². The van der Waals surface area contributed by atoms with Gasteiger partial charge >= 0.3 is 6.09 Å². The second kappa shape index (κ2) is 8.34. The monoisotopic (exact) mass is 325 g/mol. The number of carbonyl (C=O) groups is 1. The summed E-state index contributed by atoms with van der Waals surface area (Å²) in [6.45, 7) is 13.7. The lowest BCUT2D eigenvalue weighted by Crippen LogP contribution is -2.51. The molecule has 1 saturated carbocycles. The first-order chi connectivity index (χ1) is 10.8. The molecule has 0 aromatic heterocycles. The molecule has 5 nitrogen and oxygen atoms in total. The fourth-order valence-electron chi connectivity index (χ4n) is 3.51. The van der Waals surface area contributed by atoms with E-state index in [-0.39, 0.29) is 6.09 Å². The number of hydrogen-bond donors (Lipinski definition) is 1. The van der Waals surface area contributed by atoms with Crippen LogP contribution in [-0.4, -0.2) is 66.8 Å². The van der Waals surface area contributed by atoms with E-state index < -0.39 is 5.60 Å². The summed E-state index contributed by atoms with van der Waals surface area (Å²) < 4.78 is 5.44. The molecule has 2 atom stereocenters. The zero-order chi connectivity index (χ0) is 16.9. The minimum atomic E-state index is -0.408. The Morgan fingerprint density at radius 1 is 1.13 bits per heavy atom. The molecule has 5 heteroatoms. The van der Waals surface area contributed by atoms with Crippen molar-refractivity contribution in [1.82, 2.24) is 15.1 Å². The number of ether oxygens (including phenoxy) is 1. The Hall–Kier alpha value is -0.810. The van der Waals surface area contributed by atoms with Crippen LogP contribution in [-0.2, 0) is 4.74 Å². The number of hydrogen-bond acceptors (Lipinski definition) is 4. The molecule has 2 unspecified atom stereocenters. The molecule has 1 heterocycles. The van der Waals surface area contributed by atoms with E-state index in [2.05, 4.69) is 17.1 Å². The van der Waals surface area contributed by atoms with Crippen molar-refractivity contribution in [2.75, 3.05) is 39.3 Å². The van der Waals surface area contributed by atoms with Crippen molar-refractivity contribution < 1.29 is 9.53 Å². The largest absolute Gasteiger partial charge is 0.444 e. The second-order valence-electron chi connectivity index (χ2n) is 8.13. The van der Waals surface area contributed by atoms with Crippen LogP contribution < -0.4 is 5.32 Å². The van der Waals surface area contributed by atoms with Crippen LogP contribution in [0.15, 0.2) is 0 Å². The van der Waals surface area contributed by atoms with Crippen LogP contribution in [0.25, 0.3) is 0 Å². The highest BCUT2D eigenvalue weighted by Gasteiger charge is 2.26. The molecule has 2 fully saturated rings. The maximum atomic E-state index is 12.0. The number of nitrogens with one attached hydrogen (secondary N) is 1. The lowest BCUT2D eigenvalue weighted by Gasteiger charge is -2.36. The van der Waals surface area contributed by atoms with Crippen LogP contribution in [0.3, 0.4) is 0 Å². The average Bonchev–Trinajstić information content (AvgIpc) is 2.48. The molecule has 0 aromatic carbocycles. The molecule has 1 N–H and O–H groups in total. The molecule has 0 radical (unpaired) electrons.